The number of likely N-dealkylation sites (tertiary alicyclic amines) is 1. The zero-order chi connectivity index (χ0) is 17.8. The summed E-state index contributed by atoms with van der Waals surface area (Å²) in [5, 5.41) is 2.84. The number of nitrogens with zero attached hydrogens (tertiary/aromatic N) is 1. The number of hydrogen-bond donors (Lipinski definition) is 2. The zero-order valence-electron chi connectivity index (χ0n) is 14.1. The lowest BCUT2D eigenvalue weighted by Gasteiger charge is -2.35. The predicted octanol–water partition coefficient (Wildman–Crippen LogP) is 0.796. The molecule has 23 heavy (non-hydrogen) atoms. The molecule has 0 aromatic carbocycles. The van der Waals surface area contributed by atoms with E-state index in [4.69, 9.17) is 0 Å². The van der Waals surface area contributed by atoms with Crippen molar-refractivity contribution in [1.82, 2.24) is 14.9 Å². The molecular weight excluding hydrogens is 328 g/mol. The van der Waals surface area contributed by atoms with Crippen molar-refractivity contribution < 1.29 is 22.0 Å². The lowest BCUT2D eigenvalue weighted by atomic mass is 9.86. The molecule has 0 radical (unpaired) electrons. The van der Waals surface area contributed by atoms with Crippen molar-refractivity contribution in [2.75, 3.05) is 25.9 Å². The minimum Gasteiger partial charge on any atom is -0.352 e. The average Bonchev–Trinajstić information content (AvgIpc) is 2.35. The summed E-state index contributed by atoms with van der Waals surface area (Å²) in [6.45, 7) is 6.08. The van der Waals surface area contributed by atoms with E-state index in [1.165, 1.54) is 0 Å². The summed E-state index contributed by atoms with van der Waals surface area (Å²) in [6, 6.07) is -1.00. The van der Waals surface area contributed by atoms with Crippen molar-refractivity contribution >= 4 is 15.9 Å². The van der Waals surface area contributed by atoms with Crippen LogP contribution in [0.1, 0.15) is 33.6 Å². The predicted molar refractivity (Wildman–Crippen MR) is 84.8 cm³/mol. The van der Waals surface area contributed by atoms with Crippen LogP contribution in [0.25, 0.3) is 0 Å². The number of halogens is 2. The number of nitrogens with one attached hydrogen (secondary N) is 2. The first-order valence-corrected chi connectivity index (χ1v) is 9.56. The van der Waals surface area contributed by atoms with E-state index < -0.39 is 27.9 Å². The maximum atomic E-state index is 12.4. The number of amides is 1. The number of carbonyl (C=O) groups excluding carboxylic acids is 1. The van der Waals surface area contributed by atoms with Gasteiger partial charge in [-0.05, 0) is 18.3 Å². The molecule has 1 rings (SSSR count). The highest BCUT2D eigenvalue weighted by atomic mass is 32.2. The Balaban J connectivity index is 2.60. The number of carbonyl (C=O) groups is 1. The lowest BCUT2D eigenvalue weighted by Crippen LogP contribution is -2.56. The Kier molecular flexibility index (Phi) is 6.91. The van der Waals surface area contributed by atoms with Gasteiger partial charge in [0.05, 0.1) is 12.8 Å². The molecule has 2 N–H and O–H groups in total. The smallest absolute Gasteiger partial charge is 0.251 e. The van der Waals surface area contributed by atoms with E-state index >= 15 is 0 Å². The Hall–Kier alpha value is -0.800. The van der Waals surface area contributed by atoms with E-state index in [0.29, 0.717) is 25.9 Å². The normalized spacial score (nSPS) is 19.8. The number of rotatable bonds is 6. The molecular formula is C14H27F2N3O3S. The first kappa shape index (κ1) is 20.2. The summed E-state index contributed by atoms with van der Waals surface area (Å²) in [4.78, 5) is 14.1. The number of sulfonamides is 1. The highest BCUT2D eigenvalue weighted by Gasteiger charge is 2.35. The van der Waals surface area contributed by atoms with E-state index in [0.717, 1.165) is 6.26 Å². The summed E-state index contributed by atoms with van der Waals surface area (Å²) >= 11 is 0. The summed E-state index contributed by atoms with van der Waals surface area (Å²) in [6.07, 6.45) is -0.185. The van der Waals surface area contributed by atoms with E-state index in [-0.39, 0.29) is 18.5 Å². The van der Waals surface area contributed by atoms with Crippen molar-refractivity contribution in [1.29, 1.82) is 0 Å². The van der Waals surface area contributed by atoms with E-state index in [9.17, 15) is 22.0 Å². The highest BCUT2D eigenvalue weighted by molar-refractivity contribution is 7.88. The van der Waals surface area contributed by atoms with Crippen LogP contribution in [-0.4, -0.2) is 63.6 Å². The molecule has 0 aliphatic carbocycles. The lowest BCUT2D eigenvalue weighted by molar-refractivity contribution is -0.126. The van der Waals surface area contributed by atoms with Gasteiger partial charge in [-0.3, -0.25) is 9.69 Å². The fraction of sp³-hybridized carbons (Fsp3) is 0.929. The van der Waals surface area contributed by atoms with E-state index in [1.807, 2.05) is 0 Å². The van der Waals surface area contributed by atoms with Gasteiger partial charge in [-0.1, -0.05) is 20.8 Å². The second-order valence-electron chi connectivity index (χ2n) is 7.16. The third-order valence-electron chi connectivity index (χ3n) is 3.79. The van der Waals surface area contributed by atoms with Gasteiger partial charge in [-0.25, -0.2) is 21.9 Å². The van der Waals surface area contributed by atoms with Crippen molar-refractivity contribution in [3.63, 3.8) is 0 Å². The molecule has 6 nitrogen and oxygen atoms in total. The molecule has 0 saturated carbocycles. The molecule has 9 heteroatoms. The molecule has 0 aromatic heterocycles. The summed E-state index contributed by atoms with van der Waals surface area (Å²) in [5.74, 6) is -0.379. The van der Waals surface area contributed by atoms with Gasteiger partial charge in [0.25, 0.3) is 6.43 Å². The Morgan fingerprint density at radius 3 is 2.17 bits per heavy atom. The Bertz CT molecular complexity index is 498. The standard InChI is InChI=1S/C14H27F2N3O3S/c1-14(2,3)12(18-23(4,21)22)13(20)17-10-5-7-19(8-6-10)9-11(15)16/h10-12,18H,5-9H2,1-4H3,(H,17,20). The Morgan fingerprint density at radius 2 is 1.78 bits per heavy atom. The van der Waals surface area contributed by atoms with Crippen LogP contribution < -0.4 is 10.0 Å². The number of piperidine rings is 1. The monoisotopic (exact) mass is 355 g/mol. The molecule has 1 saturated heterocycles. The van der Waals surface area contributed by atoms with Gasteiger partial charge < -0.3 is 5.32 Å². The molecule has 1 atom stereocenters. The minimum absolute atomic E-state index is 0.123. The second kappa shape index (κ2) is 7.85. The third kappa shape index (κ3) is 7.54. The topological polar surface area (TPSA) is 78.5 Å². The van der Waals surface area contributed by atoms with Crippen LogP contribution in [0.2, 0.25) is 0 Å². The van der Waals surface area contributed by atoms with Crippen LogP contribution in [0, 0.1) is 5.41 Å². The molecule has 136 valence electrons. The van der Waals surface area contributed by atoms with Gasteiger partial charge >= 0.3 is 0 Å². The fourth-order valence-corrected chi connectivity index (χ4v) is 3.47. The number of hydrogen-bond acceptors (Lipinski definition) is 4. The van der Waals surface area contributed by atoms with Gasteiger partial charge in [-0.2, -0.15) is 0 Å². The van der Waals surface area contributed by atoms with Gasteiger partial charge in [0.15, 0.2) is 0 Å². The van der Waals surface area contributed by atoms with Gasteiger partial charge in [0, 0.05) is 19.1 Å². The summed E-state index contributed by atoms with van der Waals surface area (Å²) in [5.41, 5.74) is -0.580. The number of alkyl halides is 2. The first-order chi connectivity index (χ1) is 10.4. The van der Waals surface area contributed by atoms with Crippen molar-refractivity contribution in [3.8, 4) is 0 Å². The van der Waals surface area contributed by atoms with E-state index in [2.05, 4.69) is 10.0 Å². The Morgan fingerprint density at radius 1 is 1.26 bits per heavy atom. The molecule has 0 bridgehead atoms. The molecule has 1 unspecified atom stereocenters. The van der Waals surface area contributed by atoms with Crippen LogP contribution in [-0.2, 0) is 14.8 Å². The maximum absolute atomic E-state index is 12.4. The van der Waals surface area contributed by atoms with Crippen LogP contribution >= 0.6 is 0 Å². The second-order valence-corrected chi connectivity index (χ2v) is 8.94. The van der Waals surface area contributed by atoms with Crippen LogP contribution in [0.15, 0.2) is 0 Å². The van der Waals surface area contributed by atoms with Crippen molar-refractivity contribution in [2.45, 2.75) is 52.1 Å². The molecule has 1 heterocycles. The Labute approximate surface area is 137 Å². The molecule has 0 aromatic rings. The first-order valence-electron chi connectivity index (χ1n) is 7.66. The van der Waals surface area contributed by atoms with Crippen molar-refractivity contribution in [2.24, 2.45) is 5.41 Å². The zero-order valence-corrected chi connectivity index (χ0v) is 14.9. The summed E-state index contributed by atoms with van der Waals surface area (Å²) < 4.78 is 50.0. The van der Waals surface area contributed by atoms with Crippen LogP contribution in [0.4, 0.5) is 8.78 Å². The molecule has 0 spiro atoms. The van der Waals surface area contributed by atoms with Crippen LogP contribution in [0.3, 0.4) is 0 Å². The molecule has 1 aliphatic heterocycles. The summed E-state index contributed by atoms with van der Waals surface area (Å²) in [7, 11) is -3.52. The van der Waals surface area contributed by atoms with Gasteiger partial charge in [-0.15, -0.1) is 0 Å². The fourth-order valence-electron chi connectivity index (χ4n) is 2.58. The SMILES string of the molecule is CC(C)(C)C(NS(C)(=O)=O)C(=O)NC1CCN(CC(F)F)CC1. The third-order valence-corrected chi connectivity index (χ3v) is 4.45. The van der Waals surface area contributed by atoms with Crippen molar-refractivity contribution in [3.05, 3.63) is 0 Å². The highest BCUT2D eigenvalue weighted by Crippen LogP contribution is 2.21. The largest absolute Gasteiger partial charge is 0.352 e. The van der Waals surface area contributed by atoms with Gasteiger partial charge in [0.2, 0.25) is 15.9 Å². The van der Waals surface area contributed by atoms with E-state index in [1.54, 1.807) is 25.7 Å². The quantitative estimate of drug-likeness (QED) is 0.739. The maximum Gasteiger partial charge on any atom is 0.251 e. The average molecular weight is 355 g/mol. The van der Waals surface area contributed by atoms with Crippen LogP contribution in [0.5, 0.6) is 0 Å². The molecule has 1 aliphatic rings. The molecule has 1 fully saturated rings. The minimum atomic E-state index is -3.52. The molecule has 1 amide bonds. The van der Waals surface area contributed by atoms with Gasteiger partial charge in [0.1, 0.15) is 6.04 Å².